The normalized spacial score (nSPS) is 13.7. The highest BCUT2D eigenvalue weighted by atomic mass is 32.1. The van der Waals surface area contributed by atoms with Gasteiger partial charge in [0.2, 0.25) is 0 Å². The lowest BCUT2D eigenvalue weighted by Crippen LogP contribution is -2.03. The highest BCUT2D eigenvalue weighted by Gasteiger charge is 2.30. The van der Waals surface area contributed by atoms with E-state index in [9.17, 15) is 13.2 Å². The molecule has 0 atom stereocenters. The third-order valence-electron chi connectivity index (χ3n) is 3.30. The highest BCUT2D eigenvalue weighted by molar-refractivity contribution is 7.20. The fraction of sp³-hybridized carbons (Fsp3) is 0.250. The minimum Gasteiger partial charge on any atom is -0.501 e. The minimum atomic E-state index is -4.35. The van der Waals surface area contributed by atoms with E-state index in [2.05, 4.69) is 0 Å². The van der Waals surface area contributed by atoms with Crippen molar-refractivity contribution in [2.24, 2.45) is 0 Å². The summed E-state index contributed by atoms with van der Waals surface area (Å²) < 4.78 is 43.9. The van der Waals surface area contributed by atoms with Crippen LogP contribution in [0.4, 0.5) is 18.9 Å². The zero-order valence-electron chi connectivity index (χ0n) is 12.4. The van der Waals surface area contributed by atoms with E-state index in [0.717, 1.165) is 28.3 Å². The first kappa shape index (κ1) is 16.4. The second-order valence-corrected chi connectivity index (χ2v) is 5.94. The van der Waals surface area contributed by atoms with Crippen molar-refractivity contribution in [3.05, 3.63) is 46.6 Å². The van der Waals surface area contributed by atoms with E-state index < -0.39 is 11.7 Å². The van der Waals surface area contributed by atoms with Gasteiger partial charge < -0.3 is 10.5 Å². The first-order valence-corrected chi connectivity index (χ1v) is 7.34. The number of halogens is 3. The fourth-order valence-electron chi connectivity index (χ4n) is 1.97. The average Bonchev–Trinajstić information content (AvgIpc) is 2.80. The number of methoxy groups -OCH3 is 1. The summed E-state index contributed by atoms with van der Waals surface area (Å²) in [7, 11) is 1.57. The van der Waals surface area contributed by atoms with Crippen LogP contribution in [0.2, 0.25) is 0 Å². The van der Waals surface area contributed by atoms with E-state index in [1.807, 2.05) is 19.9 Å². The van der Waals surface area contributed by atoms with Crippen LogP contribution in [0.5, 0.6) is 0 Å². The minimum absolute atomic E-state index is 0.506. The summed E-state index contributed by atoms with van der Waals surface area (Å²) >= 11 is 1.26. The summed E-state index contributed by atoms with van der Waals surface area (Å²) in [6, 6.07) is 3.63. The predicted molar refractivity (Wildman–Crippen MR) is 85.7 cm³/mol. The molecule has 0 unspecified atom stereocenters. The first-order chi connectivity index (χ1) is 10.2. The number of thiophene rings is 1. The number of alkyl halides is 3. The Hall–Kier alpha value is -1.95. The summed E-state index contributed by atoms with van der Waals surface area (Å²) in [5.74, 6) is 0.735. The number of hydrogen-bond donors (Lipinski definition) is 1. The third-order valence-corrected chi connectivity index (χ3v) is 4.61. The van der Waals surface area contributed by atoms with Crippen LogP contribution in [0.25, 0.3) is 15.7 Å². The van der Waals surface area contributed by atoms with E-state index >= 15 is 0 Å². The lowest BCUT2D eigenvalue weighted by Gasteiger charge is -2.05. The maximum atomic E-state index is 12.8. The summed E-state index contributed by atoms with van der Waals surface area (Å²) in [6.45, 7) is 3.68. The van der Waals surface area contributed by atoms with E-state index in [1.54, 1.807) is 13.2 Å². The third kappa shape index (κ3) is 3.27. The van der Waals surface area contributed by atoms with Gasteiger partial charge in [-0.25, -0.2) is 0 Å². The second kappa shape index (κ2) is 6.04. The summed E-state index contributed by atoms with van der Waals surface area (Å²) in [4.78, 5) is 0.773. The summed E-state index contributed by atoms with van der Waals surface area (Å²) in [5.41, 5.74) is 6.80. The number of nitrogens with two attached hydrogens (primary N) is 1. The molecular weight excluding hydrogens is 311 g/mol. The molecule has 0 spiro atoms. The number of nitrogen functional groups attached to an aromatic ring is 1. The van der Waals surface area contributed by atoms with E-state index in [-0.39, 0.29) is 0 Å². The van der Waals surface area contributed by atoms with Gasteiger partial charge in [0.05, 0.1) is 29.0 Å². The van der Waals surface area contributed by atoms with Crippen LogP contribution >= 0.6 is 11.3 Å². The van der Waals surface area contributed by atoms with Crippen LogP contribution in [0.1, 0.15) is 24.3 Å². The van der Waals surface area contributed by atoms with Gasteiger partial charge in [0.1, 0.15) is 0 Å². The van der Waals surface area contributed by atoms with Gasteiger partial charge in [0.15, 0.2) is 0 Å². The van der Waals surface area contributed by atoms with E-state index in [0.29, 0.717) is 15.8 Å². The van der Waals surface area contributed by atoms with Crippen LogP contribution in [-0.4, -0.2) is 7.11 Å². The van der Waals surface area contributed by atoms with Gasteiger partial charge in [0, 0.05) is 10.1 Å². The van der Waals surface area contributed by atoms with Crippen molar-refractivity contribution in [2.45, 2.75) is 20.0 Å². The zero-order valence-corrected chi connectivity index (χ0v) is 13.2. The van der Waals surface area contributed by atoms with Crippen molar-refractivity contribution in [3.8, 4) is 0 Å². The molecule has 2 nitrogen and oxygen atoms in total. The van der Waals surface area contributed by atoms with Crippen molar-refractivity contribution >= 4 is 32.7 Å². The van der Waals surface area contributed by atoms with Crippen molar-refractivity contribution in [1.29, 1.82) is 0 Å². The molecule has 6 heteroatoms. The van der Waals surface area contributed by atoms with Crippen LogP contribution in [-0.2, 0) is 10.9 Å². The van der Waals surface area contributed by atoms with Crippen molar-refractivity contribution in [1.82, 2.24) is 0 Å². The van der Waals surface area contributed by atoms with Gasteiger partial charge in [-0.2, -0.15) is 13.2 Å². The molecule has 1 heterocycles. The van der Waals surface area contributed by atoms with Crippen LogP contribution in [0.3, 0.4) is 0 Å². The molecule has 22 heavy (non-hydrogen) atoms. The number of fused-ring (bicyclic) bond motifs is 1. The Morgan fingerprint density at radius 3 is 2.50 bits per heavy atom. The molecule has 1 aromatic heterocycles. The second-order valence-electron chi connectivity index (χ2n) is 4.88. The predicted octanol–water partition coefficient (Wildman–Crippen LogP) is 5.46. The van der Waals surface area contributed by atoms with Crippen molar-refractivity contribution in [2.75, 3.05) is 12.8 Å². The monoisotopic (exact) mass is 327 g/mol. The molecule has 0 fully saturated rings. The van der Waals surface area contributed by atoms with Gasteiger partial charge in [-0.15, -0.1) is 11.3 Å². The fourth-order valence-corrected chi connectivity index (χ4v) is 3.11. The lowest BCUT2D eigenvalue weighted by atomic mass is 10.1. The Balaban J connectivity index is 2.51. The van der Waals surface area contributed by atoms with Crippen LogP contribution in [0.15, 0.2) is 36.1 Å². The number of hydrogen-bond acceptors (Lipinski definition) is 3. The SMILES string of the molecule is CO/C(C)=C/C=C(\C)c1sc2cc(C(F)(F)F)ccc2c1N. The van der Waals surface area contributed by atoms with Crippen LogP contribution in [0, 0.1) is 0 Å². The zero-order chi connectivity index (χ0) is 16.5. The smallest absolute Gasteiger partial charge is 0.416 e. The largest absolute Gasteiger partial charge is 0.501 e. The molecule has 0 radical (unpaired) electrons. The molecule has 0 aliphatic rings. The van der Waals surface area contributed by atoms with Crippen LogP contribution < -0.4 is 5.73 Å². The van der Waals surface area contributed by atoms with Gasteiger partial charge in [-0.1, -0.05) is 12.1 Å². The van der Waals surface area contributed by atoms with Gasteiger partial charge in [-0.3, -0.25) is 0 Å². The average molecular weight is 327 g/mol. The molecule has 0 saturated heterocycles. The Morgan fingerprint density at radius 1 is 1.23 bits per heavy atom. The number of allylic oxidation sites excluding steroid dienone is 4. The summed E-state index contributed by atoms with van der Waals surface area (Å²) in [5, 5.41) is 0.646. The molecular formula is C16H16F3NOS. The maximum Gasteiger partial charge on any atom is 0.416 e. The standard InChI is InChI=1S/C16H16F3NOS/c1-9(4-5-10(2)21-3)15-14(20)12-7-6-11(16(17,18)19)8-13(12)22-15/h4-8H,20H2,1-3H3/b9-4+,10-5+. The van der Waals surface area contributed by atoms with Crippen molar-refractivity contribution in [3.63, 3.8) is 0 Å². The van der Waals surface area contributed by atoms with Crippen molar-refractivity contribution < 1.29 is 17.9 Å². The highest BCUT2D eigenvalue weighted by Crippen LogP contribution is 2.40. The molecule has 0 amide bonds. The Bertz CT molecular complexity index is 757. The molecule has 2 aromatic rings. The van der Waals surface area contributed by atoms with Gasteiger partial charge in [0.25, 0.3) is 0 Å². The quantitative estimate of drug-likeness (QED) is 0.600. The molecule has 1 aromatic carbocycles. The van der Waals surface area contributed by atoms with Gasteiger partial charge >= 0.3 is 6.18 Å². The number of ether oxygens (including phenoxy) is 1. The van der Waals surface area contributed by atoms with E-state index in [1.165, 1.54) is 17.4 Å². The molecule has 0 aliphatic carbocycles. The topological polar surface area (TPSA) is 35.2 Å². The number of anilines is 1. The Labute approximate surface area is 130 Å². The number of rotatable bonds is 3. The molecule has 2 N–H and O–H groups in total. The molecule has 2 rings (SSSR count). The lowest BCUT2D eigenvalue weighted by molar-refractivity contribution is -0.137. The maximum absolute atomic E-state index is 12.8. The molecule has 0 saturated carbocycles. The van der Waals surface area contributed by atoms with E-state index in [4.69, 9.17) is 10.5 Å². The molecule has 0 bridgehead atoms. The first-order valence-electron chi connectivity index (χ1n) is 6.52. The summed E-state index contributed by atoms with van der Waals surface area (Å²) in [6.07, 6.45) is -0.721. The Kier molecular flexibility index (Phi) is 4.51. The Morgan fingerprint density at radius 2 is 1.91 bits per heavy atom. The number of benzene rings is 1. The molecule has 118 valence electrons. The van der Waals surface area contributed by atoms with Gasteiger partial charge in [-0.05, 0) is 37.6 Å². The molecule has 0 aliphatic heterocycles.